The Bertz CT molecular complexity index is 1400. The van der Waals surface area contributed by atoms with Crippen LogP contribution in [0.25, 0.3) is 22.0 Å². The van der Waals surface area contributed by atoms with Crippen molar-refractivity contribution in [2.75, 3.05) is 30.3 Å². The number of carbonyl (C=O) groups is 1. The van der Waals surface area contributed by atoms with E-state index in [0.29, 0.717) is 37.0 Å². The van der Waals surface area contributed by atoms with Crippen LogP contribution < -0.4 is 10.6 Å². The van der Waals surface area contributed by atoms with Crippen LogP contribution in [-0.4, -0.2) is 56.9 Å². The van der Waals surface area contributed by atoms with Gasteiger partial charge >= 0.3 is 5.69 Å². The number of rotatable bonds is 3. The smallest absolute Gasteiger partial charge is 0.350 e. The van der Waals surface area contributed by atoms with Crippen molar-refractivity contribution in [3.8, 4) is 16.9 Å². The molecule has 176 valence electrons. The van der Waals surface area contributed by atoms with Crippen molar-refractivity contribution in [3.63, 3.8) is 0 Å². The number of nitrogens with zero attached hydrogens (tertiary/aromatic N) is 4. The molecule has 2 aliphatic rings. The molecule has 9 heteroatoms. The Labute approximate surface area is 206 Å². The van der Waals surface area contributed by atoms with Gasteiger partial charge in [0.1, 0.15) is 11.6 Å². The first-order valence-electron chi connectivity index (χ1n) is 11.2. The number of phenols is 1. The molecule has 2 aromatic carbocycles. The number of thioether (sulfide) groups is 1. The van der Waals surface area contributed by atoms with Gasteiger partial charge in [-0.1, -0.05) is 18.2 Å². The van der Waals surface area contributed by atoms with Gasteiger partial charge in [0, 0.05) is 64.4 Å². The number of hydrogen-bond acceptors (Lipinski definition) is 6. The number of aromatic hydroxyl groups is 1. The molecule has 34 heavy (non-hydrogen) atoms. The van der Waals surface area contributed by atoms with Crippen LogP contribution in [0, 0.1) is 6.92 Å². The number of piperazine rings is 1. The largest absolute Gasteiger partial charge is 0.508 e. The van der Waals surface area contributed by atoms with E-state index < -0.39 is 0 Å². The zero-order chi connectivity index (χ0) is 24.1. The van der Waals surface area contributed by atoms with Crippen molar-refractivity contribution >= 4 is 46.0 Å². The van der Waals surface area contributed by atoms with Crippen molar-refractivity contribution in [2.24, 2.45) is 0 Å². The average molecular weight is 497 g/mol. The molecule has 3 aromatic rings. The minimum atomic E-state index is -0.280. The van der Waals surface area contributed by atoms with Gasteiger partial charge in [0.05, 0.1) is 5.52 Å². The molecule has 0 unspecified atom stereocenters. The molecular formula is C25H25ClN4O3S. The molecule has 0 bridgehead atoms. The fraction of sp³-hybridized carbons (Fsp3) is 0.320. The van der Waals surface area contributed by atoms with Crippen molar-refractivity contribution in [3.05, 3.63) is 58.0 Å². The molecule has 1 aromatic heterocycles. The molecule has 2 aliphatic heterocycles. The maximum atomic E-state index is 13.2. The Hall–Kier alpha value is -2.97. The van der Waals surface area contributed by atoms with Crippen LogP contribution in [-0.2, 0) is 11.3 Å². The Morgan fingerprint density at radius 3 is 2.82 bits per heavy atom. The van der Waals surface area contributed by atoms with E-state index in [0.717, 1.165) is 38.2 Å². The van der Waals surface area contributed by atoms with Crippen LogP contribution in [0.4, 0.5) is 5.82 Å². The second-order valence-electron chi connectivity index (χ2n) is 8.71. The number of aryl methyl sites for hydroxylation is 2. The van der Waals surface area contributed by atoms with Crippen molar-refractivity contribution < 1.29 is 9.90 Å². The van der Waals surface area contributed by atoms with E-state index in [2.05, 4.69) is 22.5 Å². The van der Waals surface area contributed by atoms with Crippen LogP contribution in [0.3, 0.4) is 0 Å². The number of anilines is 1. The number of benzene rings is 2. The van der Waals surface area contributed by atoms with E-state index in [-0.39, 0.29) is 23.4 Å². The number of carbonyl (C=O) groups excluding carboxylic acids is 1. The third-order valence-corrected chi connectivity index (χ3v) is 7.96. The maximum absolute atomic E-state index is 13.2. The molecule has 1 fully saturated rings. The summed E-state index contributed by atoms with van der Waals surface area (Å²) in [5.41, 5.74) is 3.23. The molecule has 0 aliphatic carbocycles. The quantitative estimate of drug-likeness (QED) is 0.551. The van der Waals surface area contributed by atoms with Crippen molar-refractivity contribution in [1.82, 2.24) is 14.5 Å². The summed E-state index contributed by atoms with van der Waals surface area (Å²) >= 11 is 8.24. The Balaban J connectivity index is 1.72. The maximum Gasteiger partial charge on any atom is 0.350 e. The summed E-state index contributed by atoms with van der Waals surface area (Å²) in [5, 5.41) is 11.6. The first-order chi connectivity index (χ1) is 16.3. The zero-order valence-corrected chi connectivity index (χ0v) is 20.6. The lowest BCUT2D eigenvalue weighted by atomic mass is 9.97. The highest BCUT2D eigenvalue weighted by atomic mass is 35.5. The fourth-order valence-corrected chi connectivity index (χ4v) is 6.43. The third-order valence-electron chi connectivity index (χ3n) is 6.56. The topological polar surface area (TPSA) is 78.7 Å². The molecule has 0 saturated carbocycles. The van der Waals surface area contributed by atoms with Gasteiger partial charge in [0.2, 0.25) is 5.91 Å². The fourth-order valence-electron chi connectivity index (χ4n) is 4.97. The first kappa shape index (κ1) is 22.8. The van der Waals surface area contributed by atoms with Crippen LogP contribution in [0.1, 0.15) is 12.5 Å². The van der Waals surface area contributed by atoms with E-state index in [9.17, 15) is 14.7 Å². The first-order valence-corrected chi connectivity index (χ1v) is 12.5. The lowest BCUT2D eigenvalue weighted by molar-refractivity contribution is -0.126. The minimum absolute atomic E-state index is 0.0110. The number of halogens is 1. The second kappa shape index (κ2) is 8.67. The molecular weight excluding hydrogens is 472 g/mol. The van der Waals surface area contributed by atoms with E-state index in [1.807, 2.05) is 13.8 Å². The number of hydrogen-bond donors (Lipinski definition) is 1. The van der Waals surface area contributed by atoms with Gasteiger partial charge in [0.15, 0.2) is 0 Å². The third kappa shape index (κ3) is 3.65. The van der Waals surface area contributed by atoms with Crippen LogP contribution in [0.15, 0.2) is 46.6 Å². The van der Waals surface area contributed by atoms with Gasteiger partial charge in [-0.05, 0) is 49.8 Å². The Kier molecular flexibility index (Phi) is 5.81. The normalized spacial score (nSPS) is 17.8. The number of phenolic OH excluding ortho intramolecular Hbond substituents is 1. The van der Waals surface area contributed by atoms with Gasteiger partial charge in [-0.25, -0.2) is 4.79 Å². The number of aromatic nitrogens is 2. The standard InChI is InChI=1S/C25H25ClN4O3S/c1-4-20(32)28-7-8-29(15(3)13-28)24-18-11-14(2)21(17-12-16(31)5-6-19(17)26)23-22(18)30(9-10-34-23)25(33)27-24/h4-6,11-12,15,31H,1,7-10,13H2,2-3H3/t15-/m0/s1. The summed E-state index contributed by atoms with van der Waals surface area (Å²) in [6.07, 6.45) is 1.34. The van der Waals surface area contributed by atoms with Gasteiger partial charge < -0.3 is 14.9 Å². The predicted octanol–water partition coefficient (Wildman–Crippen LogP) is 4.06. The highest BCUT2D eigenvalue weighted by Crippen LogP contribution is 2.46. The van der Waals surface area contributed by atoms with E-state index in [1.165, 1.54) is 6.08 Å². The number of amides is 1. The summed E-state index contributed by atoms with van der Waals surface area (Å²) < 4.78 is 1.74. The molecule has 3 heterocycles. The average Bonchev–Trinajstić information content (AvgIpc) is 2.82. The SMILES string of the molecule is C=CC(=O)N1CCN(c2nc(=O)n3c4c(c(-c5cc(O)ccc5Cl)c(C)cc24)SCC3)[C@@H](C)C1. The van der Waals surface area contributed by atoms with Gasteiger partial charge in [-0.2, -0.15) is 4.98 Å². The zero-order valence-electron chi connectivity index (χ0n) is 19.0. The van der Waals surface area contributed by atoms with E-state index >= 15 is 0 Å². The van der Waals surface area contributed by atoms with Gasteiger partial charge in [0.25, 0.3) is 0 Å². The van der Waals surface area contributed by atoms with Crippen LogP contribution in [0.2, 0.25) is 5.02 Å². The predicted molar refractivity (Wildman–Crippen MR) is 137 cm³/mol. The summed E-state index contributed by atoms with van der Waals surface area (Å²) in [6.45, 7) is 9.88. The Morgan fingerprint density at radius 1 is 1.29 bits per heavy atom. The van der Waals surface area contributed by atoms with Gasteiger partial charge in [-0.3, -0.25) is 9.36 Å². The lowest BCUT2D eigenvalue weighted by Crippen LogP contribution is -2.54. The minimum Gasteiger partial charge on any atom is -0.508 e. The molecule has 1 atom stereocenters. The molecule has 5 rings (SSSR count). The molecule has 7 nitrogen and oxygen atoms in total. The molecule has 0 radical (unpaired) electrons. The Morgan fingerprint density at radius 2 is 2.09 bits per heavy atom. The van der Waals surface area contributed by atoms with Crippen molar-refractivity contribution in [1.29, 1.82) is 0 Å². The monoisotopic (exact) mass is 496 g/mol. The van der Waals surface area contributed by atoms with Crippen LogP contribution >= 0.6 is 23.4 Å². The lowest BCUT2D eigenvalue weighted by Gasteiger charge is -2.41. The van der Waals surface area contributed by atoms with Gasteiger partial charge in [-0.15, -0.1) is 11.8 Å². The molecule has 0 spiro atoms. The molecule has 1 saturated heterocycles. The molecule has 1 amide bonds. The van der Waals surface area contributed by atoms with Crippen molar-refractivity contribution in [2.45, 2.75) is 31.3 Å². The van der Waals surface area contributed by atoms with E-state index in [1.54, 1.807) is 39.4 Å². The second-order valence-corrected chi connectivity index (χ2v) is 10.2. The van der Waals surface area contributed by atoms with Crippen LogP contribution in [0.5, 0.6) is 5.75 Å². The highest BCUT2D eigenvalue weighted by molar-refractivity contribution is 7.99. The summed E-state index contributed by atoms with van der Waals surface area (Å²) in [4.78, 5) is 34.7. The summed E-state index contributed by atoms with van der Waals surface area (Å²) in [6, 6.07) is 6.98. The summed E-state index contributed by atoms with van der Waals surface area (Å²) in [5.74, 6) is 1.45. The highest BCUT2D eigenvalue weighted by Gasteiger charge is 2.31. The van der Waals surface area contributed by atoms with E-state index in [4.69, 9.17) is 11.6 Å². The summed E-state index contributed by atoms with van der Waals surface area (Å²) in [7, 11) is 0. The molecule has 1 N–H and O–H groups in total.